The maximum absolute atomic E-state index is 13.7. The molecule has 0 atom stereocenters. The molecule has 0 aliphatic carbocycles. The molecule has 2 rings (SSSR count). The molecule has 0 radical (unpaired) electrons. The summed E-state index contributed by atoms with van der Waals surface area (Å²) in [6, 6.07) is 10.3. The van der Waals surface area contributed by atoms with Crippen LogP contribution in [0.1, 0.15) is 15.9 Å². The fraction of sp³-hybridized carbons (Fsp3) is 0.188. The van der Waals surface area contributed by atoms with Crippen LogP contribution in [0.25, 0.3) is 0 Å². The highest BCUT2D eigenvalue weighted by atomic mass is 19.1. The second-order valence-corrected chi connectivity index (χ2v) is 4.44. The molecule has 0 saturated heterocycles. The Hall–Kier alpha value is -2.43. The molecule has 1 amide bonds. The average Bonchev–Trinajstić information content (AvgIpc) is 2.48. The Labute approximate surface area is 121 Å². The fourth-order valence-corrected chi connectivity index (χ4v) is 1.91. The van der Waals surface area contributed by atoms with E-state index in [1.54, 1.807) is 18.2 Å². The summed E-state index contributed by atoms with van der Waals surface area (Å²) in [5.41, 5.74) is 0.442. The van der Waals surface area contributed by atoms with Crippen LogP contribution in [0, 0.1) is 11.6 Å². The maximum Gasteiger partial charge on any atom is 0.254 e. The number of ether oxygens (including phenoxy) is 1. The molecular weight excluding hydrogens is 276 g/mol. The van der Waals surface area contributed by atoms with Gasteiger partial charge < -0.3 is 10.1 Å². The van der Waals surface area contributed by atoms with Crippen LogP contribution in [0.2, 0.25) is 0 Å². The Morgan fingerprint density at radius 2 is 1.90 bits per heavy atom. The van der Waals surface area contributed by atoms with E-state index in [9.17, 15) is 13.6 Å². The van der Waals surface area contributed by atoms with Crippen LogP contribution in [-0.2, 0) is 6.42 Å². The van der Waals surface area contributed by atoms with E-state index in [2.05, 4.69) is 5.32 Å². The number of halogens is 2. The molecule has 2 aromatic rings. The van der Waals surface area contributed by atoms with Gasteiger partial charge in [-0.25, -0.2) is 8.78 Å². The van der Waals surface area contributed by atoms with Gasteiger partial charge in [0.05, 0.1) is 12.7 Å². The van der Waals surface area contributed by atoms with Crippen LogP contribution in [0.5, 0.6) is 5.75 Å². The average molecular weight is 291 g/mol. The van der Waals surface area contributed by atoms with Crippen LogP contribution < -0.4 is 10.1 Å². The third-order valence-electron chi connectivity index (χ3n) is 3.06. The van der Waals surface area contributed by atoms with Crippen molar-refractivity contribution in [3.8, 4) is 5.75 Å². The van der Waals surface area contributed by atoms with Crippen molar-refractivity contribution in [1.29, 1.82) is 0 Å². The van der Waals surface area contributed by atoms with Crippen molar-refractivity contribution in [2.75, 3.05) is 13.7 Å². The van der Waals surface area contributed by atoms with E-state index in [1.165, 1.54) is 25.3 Å². The van der Waals surface area contributed by atoms with E-state index >= 15 is 0 Å². The van der Waals surface area contributed by atoms with Gasteiger partial charge in [-0.2, -0.15) is 0 Å². The van der Waals surface area contributed by atoms with E-state index in [4.69, 9.17) is 4.74 Å². The number of methoxy groups -OCH3 is 1. The van der Waals surface area contributed by atoms with Gasteiger partial charge in [0.15, 0.2) is 0 Å². The van der Waals surface area contributed by atoms with Crippen molar-refractivity contribution >= 4 is 5.91 Å². The van der Waals surface area contributed by atoms with Gasteiger partial charge in [-0.3, -0.25) is 4.79 Å². The van der Waals surface area contributed by atoms with Gasteiger partial charge in [-0.1, -0.05) is 18.2 Å². The molecule has 0 unspecified atom stereocenters. The van der Waals surface area contributed by atoms with Crippen molar-refractivity contribution in [3.63, 3.8) is 0 Å². The van der Waals surface area contributed by atoms with Gasteiger partial charge in [-0.15, -0.1) is 0 Å². The molecule has 1 N–H and O–H groups in total. The zero-order valence-electron chi connectivity index (χ0n) is 11.5. The van der Waals surface area contributed by atoms with Crippen molar-refractivity contribution in [3.05, 3.63) is 65.2 Å². The Bertz CT molecular complexity index is 644. The van der Waals surface area contributed by atoms with Crippen LogP contribution >= 0.6 is 0 Å². The summed E-state index contributed by atoms with van der Waals surface area (Å²) >= 11 is 0. The number of rotatable bonds is 5. The van der Waals surface area contributed by atoms with Crippen molar-refractivity contribution in [2.45, 2.75) is 6.42 Å². The summed E-state index contributed by atoms with van der Waals surface area (Å²) in [6.45, 7) is 0.227. The van der Waals surface area contributed by atoms with Crippen molar-refractivity contribution in [1.82, 2.24) is 5.32 Å². The SMILES string of the molecule is COc1ccc(C(=O)NCCc2ccccc2F)c(F)c1. The third kappa shape index (κ3) is 3.78. The van der Waals surface area contributed by atoms with E-state index in [1.807, 2.05) is 0 Å². The highest BCUT2D eigenvalue weighted by Gasteiger charge is 2.12. The zero-order valence-corrected chi connectivity index (χ0v) is 11.5. The topological polar surface area (TPSA) is 38.3 Å². The molecule has 0 spiro atoms. The largest absolute Gasteiger partial charge is 0.497 e. The Kier molecular flexibility index (Phi) is 4.87. The maximum atomic E-state index is 13.7. The lowest BCUT2D eigenvalue weighted by Crippen LogP contribution is -2.26. The Morgan fingerprint density at radius 3 is 2.57 bits per heavy atom. The van der Waals surface area contributed by atoms with E-state index in [0.717, 1.165) is 6.07 Å². The molecule has 0 fully saturated rings. The minimum Gasteiger partial charge on any atom is -0.497 e. The minimum atomic E-state index is -0.655. The fourth-order valence-electron chi connectivity index (χ4n) is 1.91. The normalized spacial score (nSPS) is 10.2. The molecule has 0 saturated carbocycles. The zero-order chi connectivity index (χ0) is 15.2. The number of carbonyl (C=O) groups is 1. The first kappa shape index (κ1) is 15.0. The molecule has 5 heteroatoms. The molecule has 110 valence electrons. The summed E-state index contributed by atoms with van der Waals surface area (Å²) < 4.78 is 32.0. The monoisotopic (exact) mass is 291 g/mol. The van der Waals surface area contributed by atoms with Crippen LogP contribution in [0.4, 0.5) is 8.78 Å². The van der Waals surface area contributed by atoms with Crippen LogP contribution in [-0.4, -0.2) is 19.6 Å². The number of nitrogens with one attached hydrogen (secondary N) is 1. The summed E-state index contributed by atoms with van der Waals surface area (Å²) in [5.74, 6) is -1.16. The van der Waals surface area contributed by atoms with Gasteiger partial charge >= 0.3 is 0 Å². The summed E-state index contributed by atoms with van der Waals surface area (Å²) in [5, 5.41) is 2.57. The smallest absolute Gasteiger partial charge is 0.254 e. The Morgan fingerprint density at radius 1 is 1.14 bits per heavy atom. The number of benzene rings is 2. The first-order valence-corrected chi connectivity index (χ1v) is 6.47. The quantitative estimate of drug-likeness (QED) is 0.920. The molecule has 21 heavy (non-hydrogen) atoms. The summed E-state index contributed by atoms with van der Waals surface area (Å²) in [7, 11) is 1.42. The van der Waals surface area contributed by atoms with E-state index < -0.39 is 11.7 Å². The molecule has 0 heterocycles. The summed E-state index contributed by atoms with van der Waals surface area (Å²) in [6.07, 6.45) is 0.343. The first-order valence-electron chi connectivity index (χ1n) is 6.47. The van der Waals surface area contributed by atoms with Crippen molar-refractivity contribution in [2.24, 2.45) is 0 Å². The predicted octanol–water partition coefficient (Wildman–Crippen LogP) is 2.95. The van der Waals surface area contributed by atoms with Crippen LogP contribution in [0.15, 0.2) is 42.5 Å². The first-order chi connectivity index (χ1) is 10.1. The number of hydrogen-bond donors (Lipinski definition) is 1. The lowest BCUT2D eigenvalue weighted by atomic mass is 10.1. The van der Waals surface area contributed by atoms with Crippen LogP contribution in [0.3, 0.4) is 0 Å². The molecule has 3 nitrogen and oxygen atoms in total. The lowest BCUT2D eigenvalue weighted by Gasteiger charge is -2.08. The Balaban J connectivity index is 1.95. The van der Waals surface area contributed by atoms with Gasteiger partial charge in [0.2, 0.25) is 0 Å². The standard InChI is InChI=1S/C16H15F2NO2/c1-21-12-6-7-13(15(18)10-12)16(20)19-9-8-11-4-2-3-5-14(11)17/h2-7,10H,8-9H2,1H3,(H,19,20). The second-order valence-electron chi connectivity index (χ2n) is 4.44. The third-order valence-corrected chi connectivity index (χ3v) is 3.06. The predicted molar refractivity (Wildman–Crippen MR) is 75.4 cm³/mol. The molecule has 0 bridgehead atoms. The molecule has 0 aromatic heterocycles. The summed E-state index contributed by atoms with van der Waals surface area (Å²) in [4.78, 5) is 11.9. The number of carbonyl (C=O) groups excluding carboxylic acids is 1. The number of hydrogen-bond acceptors (Lipinski definition) is 2. The highest BCUT2D eigenvalue weighted by molar-refractivity contribution is 5.94. The number of amides is 1. The van der Waals surface area contributed by atoms with Gasteiger partial charge in [0, 0.05) is 12.6 Å². The van der Waals surface area contributed by atoms with Gasteiger partial charge in [0.25, 0.3) is 5.91 Å². The van der Waals surface area contributed by atoms with E-state index in [-0.39, 0.29) is 17.9 Å². The van der Waals surface area contributed by atoms with E-state index in [0.29, 0.717) is 17.7 Å². The molecular formula is C16H15F2NO2. The highest BCUT2D eigenvalue weighted by Crippen LogP contribution is 2.16. The van der Waals surface area contributed by atoms with Gasteiger partial charge in [0.1, 0.15) is 17.4 Å². The lowest BCUT2D eigenvalue weighted by molar-refractivity contribution is 0.0950. The molecule has 0 aliphatic heterocycles. The molecule has 2 aromatic carbocycles. The van der Waals surface area contributed by atoms with Crippen molar-refractivity contribution < 1.29 is 18.3 Å². The minimum absolute atomic E-state index is 0.0654. The molecule has 0 aliphatic rings. The second kappa shape index (κ2) is 6.83. The van der Waals surface area contributed by atoms with Gasteiger partial charge in [-0.05, 0) is 30.2 Å².